The van der Waals surface area contributed by atoms with E-state index in [9.17, 15) is 0 Å². The maximum Gasteiger partial charge on any atom is 0.0710 e. The van der Waals surface area contributed by atoms with Crippen molar-refractivity contribution in [2.75, 3.05) is 0 Å². The number of hydrazine groups is 1. The maximum absolute atomic E-state index is 5.90. The SMILES string of the molecule is Cc1cc(Br)cc(C(NN)c2ccc(Cl)cc2)c1. The summed E-state index contributed by atoms with van der Waals surface area (Å²) in [4.78, 5) is 0. The lowest BCUT2D eigenvalue weighted by molar-refractivity contribution is 0.636. The van der Waals surface area contributed by atoms with E-state index >= 15 is 0 Å². The van der Waals surface area contributed by atoms with Gasteiger partial charge in [-0.1, -0.05) is 45.7 Å². The van der Waals surface area contributed by atoms with Gasteiger partial charge in [0, 0.05) is 9.50 Å². The largest absolute Gasteiger partial charge is 0.271 e. The molecule has 1 unspecified atom stereocenters. The molecular formula is C14H14BrClN2. The molecule has 2 nitrogen and oxygen atoms in total. The van der Waals surface area contributed by atoms with Crippen LogP contribution < -0.4 is 11.3 Å². The van der Waals surface area contributed by atoms with Gasteiger partial charge in [0.15, 0.2) is 0 Å². The fourth-order valence-electron chi connectivity index (χ4n) is 1.97. The zero-order chi connectivity index (χ0) is 13.1. The van der Waals surface area contributed by atoms with Crippen molar-refractivity contribution in [3.8, 4) is 0 Å². The summed E-state index contributed by atoms with van der Waals surface area (Å²) in [5.74, 6) is 5.68. The third kappa shape index (κ3) is 3.12. The molecule has 0 saturated heterocycles. The van der Waals surface area contributed by atoms with Crippen LogP contribution in [0.15, 0.2) is 46.9 Å². The number of hydrogen-bond acceptors (Lipinski definition) is 2. The van der Waals surface area contributed by atoms with Gasteiger partial charge in [-0.15, -0.1) is 0 Å². The summed E-state index contributed by atoms with van der Waals surface area (Å²) in [6.07, 6.45) is 0. The Morgan fingerprint density at radius 2 is 1.78 bits per heavy atom. The average molecular weight is 326 g/mol. The summed E-state index contributed by atoms with van der Waals surface area (Å²) in [5, 5.41) is 0.722. The summed E-state index contributed by atoms with van der Waals surface area (Å²) >= 11 is 9.40. The van der Waals surface area contributed by atoms with E-state index in [1.807, 2.05) is 24.3 Å². The summed E-state index contributed by atoms with van der Waals surface area (Å²) in [6.45, 7) is 2.06. The predicted molar refractivity (Wildman–Crippen MR) is 79.5 cm³/mol. The second-order valence-electron chi connectivity index (χ2n) is 4.21. The van der Waals surface area contributed by atoms with Gasteiger partial charge in [-0.05, 0) is 47.9 Å². The zero-order valence-corrected chi connectivity index (χ0v) is 12.3. The van der Waals surface area contributed by atoms with Crippen LogP contribution in [0.5, 0.6) is 0 Å². The van der Waals surface area contributed by atoms with Crippen molar-refractivity contribution in [3.05, 3.63) is 68.7 Å². The van der Waals surface area contributed by atoms with E-state index in [1.165, 1.54) is 5.56 Å². The number of benzene rings is 2. The van der Waals surface area contributed by atoms with Crippen molar-refractivity contribution in [3.63, 3.8) is 0 Å². The lowest BCUT2D eigenvalue weighted by atomic mass is 9.98. The van der Waals surface area contributed by atoms with E-state index in [2.05, 4.69) is 46.5 Å². The lowest BCUT2D eigenvalue weighted by Crippen LogP contribution is -2.28. The molecule has 94 valence electrons. The molecule has 18 heavy (non-hydrogen) atoms. The van der Waals surface area contributed by atoms with Crippen LogP contribution in [0.1, 0.15) is 22.7 Å². The van der Waals surface area contributed by atoms with Crippen LogP contribution in [0.25, 0.3) is 0 Å². The van der Waals surface area contributed by atoms with Gasteiger partial charge < -0.3 is 0 Å². The molecule has 2 aromatic rings. The van der Waals surface area contributed by atoms with Crippen LogP contribution in [0.3, 0.4) is 0 Å². The number of nitrogens with one attached hydrogen (secondary N) is 1. The molecule has 0 aliphatic rings. The van der Waals surface area contributed by atoms with E-state index in [1.54, 1.807) is 0 Å². The average Bonchev–Trinajstić information content (AvgIpc) is 2.31. The van der Waals surface area contributed by atoms with Crippen molar-refractivity contribution in [1.29, 1.82) is 0 Å². The van der Waals surface area contributed by atoms with Crippen LogP contribution in [-0.4, -0.2) is 0 Å². The first-order valence-corrected chi connectivity index (χ1v) is 6.76. The highest BCUT2D eigenvalue weighted by Crippen LogP contribution is 2.26. The molecule has 0 radical (unpaired) electrons. The second kappa shape index (κ2) is 5.85. The first-order chi connectivity index (χ1) is 8.60. The van der Waals surface area contributed by atoms with Gasteiger partial charge >= 0.3 is 0 Å². The third-order valence-electron chi connectivity index (χ3n) is 2.77. The smallest absolute Gasteiger partial charge is 0.0710 e. The maximum atomic E-state index is 5.90. The van der Waals surface area contributed by atoms with Crippen molar-refractivity contribution in [2.45, 2.75) is 13.0 Å². The van der Waals surface area contributed by atoms with Gasteiger partial charge in [-0.3, -0.25) is 5.84 Å². The number of rotatable bonds is 3. The Morgan fingerprint density at radius 1 is 1.11 bits per heavy atom. The van der Waals surface area contributed by atoms with Crippen molar-refractivity contribution >= 4 is 27.5 Å². The summed E-state index contributed by atoms with van der Waals surface area (Å²) in [5.41, 5.74) is 6.23. The Bertz CT molecular complexity index is 520. The van der Waals surface area contributed by atoms with Crippen LogP contribution in [-0.2, 0) is 0 Å². The fraction of sp³-hybridized carbons (Fsp3) is 0.143. The van der Waals surface area contributed by atoms with Gasteiger partial charge in [0.25, 0.3) is 0 Å². The monoisotopic (exact) mass is 324 g/mol. The molecule has 0 fully saturated rings. The number of halogens is 2. The standard InChI is InChI=1S/C14H14BrClN2/c1-9-6-11(8-12(15)7-9)14(18-17)10-2-4-13(16)5-3-10/h2-8,14,18H,17H2,1H3. The molecule has 2 aromatic carbocycles. The highest BCUT2D eigenvalue weighted by Gasteiger charge is 2.13. The molecule has 0 aromatic heterocycles. The van der Waals surface area contributed by atoms with E-state index in [0.717, 1.165) is 20.6 Å². The van der Waals surface area contributed by atoms with E-state index in [0.29, 0.717) is 0 Å². The Labute approximate surface area is 120 Å². The first-order valence-electron chi connectivity index (χ1n) is 5.59. The molecule has 0 amide bonds. The van der Waals surface area contributed by atoms with Crippen LogP contribution >= 0.6 is 27.5 Å². The van der Waals surface area contributed by atoms with Crippen LogP contribution in [0.4, 0.5) is 0 Å². The minimum atomic E-state index is -0.0431. The highest BCUT2D eigenvalue weighted by molar-refractivity contribution is 9.10. The summed E-state index contributed by atoms with van der Waals surface area (Å²) in [6, 6.07) is 13.9. The first kappa shape index (κ1) is 13.6. The summed E-state index contributed by atoms with van der Waals surface area (Å²) < 4.78 is 1.05. The fourth-order valence-corrected chi connectivity index (χ4v) is 2.72. The van der Waals surface area contributed by atoms with Crippen molar-refractivity contribution in [1.82, 2.24) is 5.43 Å². The van der Waals surface area contributed by atoms with Crippen molar-refractivity contribution < 1.29 is 0 Å². The number of hydrogen-bond donors (Lipinski definition) is 2. The molecule has 1 atom stereocenters. The van der Waals surface area contributed by atoms with Gasteiger partial charge in [0.2, 0.25) is 0 Å². The zero-order valence-electron chi connectivity index (χ0n) is 9.95. The van der Waals surface area contributed by atoms with Crippen molar-refractivity contribution in [2.24, 2.45) is 5.84 Å². The van der Waals surface area contributed by atoms with Gasteiger partial charge in [0.05, 0.1) is 6.04 Å². The van der Waals surface area contributed by atoms with E-state index in [-0.39, 0.29) is 6.04 Å². The molecule has 3 N–H and O–H groups in total. The van der Waals surface area contributed by atoms with Gasteiger partial charge in [0.1, 0.15) is 0 Å². The molecule has 4 heteroatoms. The van der Waals surface area contributed by atoms with Gasteiger partial charge in [-0.2, -0.15) is 0 Å². The van der Waals surface area contributed by atoms with E-state index in [4.69, 9.17) is 17.4 Å². The normalized spacial score (nSPS) is 12.4. The molecule has 0 aliphatic heterocycles. The van der Waals surface area contributed by atoms with Gasteiger partial charge in [-0.25, -0.2) is 5.43 Å². The number of nitrogens with two attached hydrogens (primary N) is 1. The highest BCUT2D eigenvalue weighted by atomic mass is 79.9. The topological polar surface area (TPSA) is 38.0 Å². The quantitative estimate of drug-likeness (QED) is 0.662. The lowest BCUT2D eigenvalue weighted by Gasteiger charge is -2.18. The minimum absolute atomic E-state index is 0.0431. The van der Waals surface area contributed by atoms with E-state index < -0.39 is 0 Å². The predicted octanol–water partition coefficient (Wildman–Crippen LogP) is 3.96. The van der Waals surface area contributed by atoms with Crippen LogP contribution in [0.2, 0.25) is 5.02 Å². The Hall–Kier alpha value is -0.870. The Morgan fingerprint density at radius 3 is 2.33 bits per heavy atom. The minimum Gasteiger partial charge on any atom is -0.271 e. The molecule has 0 aliphatic carbocycles. The second-order valence-corrected chi connectivity index (χ2v) is 5.57. The molecule has 0 spiro atoms. The third-order valence-corrected chi connectivity index (χ3v) is 3.48. The molecule has 0 heterocycles. The molecule has 2 rings (SSSR count). The molecular weight excluding hydrogens is 312 g/mol. The Balaban J connectivity index is 2.41. The summed E-state index contributed by atoms with van der Waals surface area (Å²) in [7, 11) is 0. The molecule has 0 saturated carbocycles. The van der Waals surface area contributed by atoms with Crippen LogP contribution in [0, 0.1) is 6.92 Å². The Kier molecular flexibility index (Phi) is 4.40. The number of aryl methyl sites for hydroxylation is 1. The molecule has 0 bridgehead atoms.